The van der Waals surface area contributed by atoms with Crippen molar-refractivity contribution in [1.29, 1.82) is 0 Å². The molecule has 6 heteroatoms. The van der Waals surface area contributed by atoms with Gasteiger partial charge in [-0.25, -0.2) is 4.98 Å². The highest BCUT2D eigenvalue weighted by Gasteiger charge is 2.21. The number of aromatic nitrogens is 1. The second-order valence-electron chi connectivity index (χ2n) is 6.93. The molecule has 0 N–H and O–H groups in total. The van der Waals surface area contributed by atoms with Gasteiger partial charge in [-0.3, -0.25) is 15.0 Å². The predicted octanol–water partition coefficient (Wildman–Crippen LogP) is 7.34. The zero-order valence-electron chi connectivity index (χ0n) is 16.4. The van der Waals surface area contributed by atoms with Crippen LogP contribution in [-0.2, 0) is 0 Å². The van der Waals surface area contributed by atoms with Crippen LogP contribution in [0.4, 0.5) is 22.2 Å². The molecule has 0 saturated heterocycles. The third-order valence-electron chi connectivity index (χ3n) is 5.02. The first kappa shape index (κ1) is 19.0. The van der Waals surface area contributed by atoms with Gasteiger partial charge in [0.15, 0.2) is 5.13 Å². The van der Waals surface area contributed by atoms with E-state index in [0.717, 1.165) is 32.3 Å². The Kier molecular flexibility index (Phi) is 4.90. The Hall–Kier alpha value is -4.03. The maximum atomic E-state index is 11.6. The number of hydrogen-bond acceptors (Lipinski definition) is 5. The highest BCUT2D eigenvalue weighted by molar-refractivity contribution is 7.22. The lowest BCUT2D eigenvalue weighted by Crippen LogP contribution is -2.09. The SMILES string of the molecule is O=[N+]([O-])c1ccccc1-c1cccc2sc(N(c3ccccc3)c3ccccc3)nc12. The molecule has 0 aliphatic heterocycles. The lowest BCUT2D eigenvalue weighted by Gasteiger charge is -2.22. The van der Waals surface area contributed by atoms with Gasteiger partial charge >= 0.3 is 0 Å². The van der Waals surface area contributed by atoms with Crippen molar-refractivity contribution in [2.75, 3.05) is 4.90 Å². The second-order valence-corrected chi connectivity index (χ2v) is 7.94. The van der Waals surface area contributed by atoms with Gasteiger partial charge in [-0.05, 0) is 36.4 Å². The molecule has 150 valence electrons. The Bertz CT molecular complexity index is 1330. The first-order chi connectivity index (χ1) is 15.2. The number of para-hydroxylation sites is 4. The number of nitro benzene ring substituents is 1. The Morgan fingerprint density at radius 3 is 1.94 bits per heavy atom. The summed E-state index contributed by atoms with van der Waals surface area (Å²) in [5.74, 6) is 0. The first-order valence-electron chi connectivity index (χ1n) is 9.76. The number of fused-ring (bicyclic) bond motifs is 1. The number of hydrogen-bond donors (Lipinski definition) is 0. The Morgan fingerprint density at radius 1 is 0.710 bits per heavy atom. The first-order valence-corrected chi connectivity index (χ1v) is 10.6. The summed E-state index contributed by atoms with van der Waals surface area (Å²) >= 11 is 1.56. The zero-order chi connectivity index (χ0) is 21.2. The predicted molar refractivity (Wildman–Crippen MR) is 126 cm³/mol. The van der Waals surface area contributed by atoms with Gasteiger partial charge in [0.25, 0.3) is 5.69 Å². The van der Waals surface area contributed by atoms with Crippen LogP contribution in [0.5, 0.6) is 0 Å². The molecule has 0 aliphatic carbocycles. The van der Waals surface area contributed by atoms with Crippen LogP contribution >= 0.6 is 11.3 Å². The molecule has 5 aromatic rings. The van der Waals surface area contributed by atoms with Crippen molar-refractivity contribution in [3.8, 4) is 11.1 Å². The Balaban J connectivity index is 1.72. The summed E-state index contributed by atoms with van der Waals surface area (Å²) in [4.78, 5) is 18.3. The van der Waals surface area contributed by atoms with E-state index in [1.807, 2.05) is 84.9 Å². The molecule has 0 fully saturated rings. The van der Waals surface area contributed by atoms with Gasteiger partial charge in [-0.15, -0.1) is 0 Å². The maximum absolute atomic E-state index is 11.6. The smallest absolute Gasteiger partial charge is 0.277 e. The van der Waals surface area contributed by atoms with E-state index in [0.29, 0.717) is 5.56 Å². The quantitative estimate of drug-likeness (QED) is 0.219. The van der Waals surface area contributed by atoms with Crippen molar-refractivity contribution in [2.45, 2.75) is 0 Å². The van der Waals surface area contributed by atoms with E-state index in [2.05, 4.69) is 4.90 Å². The minimum Gasteiger partial charge on any atom is -0.286 e. The third kappa shape index (κ3) is 3.53. The Labute approximate surface area is 183 Å². The van der Waals surface area contributed by atoms with Crippen molar-refractivity contribution in [1.82, 2.24) is 4.98 Å². The number of benzene rings is 4. The van der Waals surface area contributed by atoms with Gasteiger partial charge in [0.05, 0.1) is 20.7 Å². The highest BCUT2D eigenvalue weighted by atomic mass is 32.1. The summed E-state index contributed by atoms with van der Waals surface area (Å²) in [7, 11) is 0. The van der Waals surface area contributed by atoms with E-state index in [4.69, 9.17) is 4.98 Å². The van der Waals surface area contributed by atoms with Crippen molar-refractivity contribution >= 4 is 43.7 Å². The van der Waals surface area contributed by atoms with E-state index in [1.165, 1.54) is 6.07 Å². The summed E-state index contributed by atoms with van der Waals surface area (Å²) in [6.45, 7) is 0. The minimum absolute atomic E-state index is 0.0764. The largest absolute Gasteiger partial charge is 0.286 e. The molecular formula is C25H17N3O2S. The Morgan fingerprint density at radius 2 is 1.29 bits per heavy atom. The molecular weight excluding hydrogens is 406 g/mol. The molecule has 31 heavy (non-hydrogen) atoms. The molecule has 0 aliphatic rings. The van der Waals surface area contributed by atoms with Crippen LogP contribution in [0.2, 0.25) is 0 Å². The topological polar surface area (TPSA) is 59.3 Å². The summed E-state index contributed by atoms with van der Waals surface area (Å²) in [6, 6.07) is 32.8. The van der Waals surface area contributed by atoms with Crippen LogP contribution in [0.1, 0.15) is 0 Å². The van der Waals surface area contributed by atoms with Crippen molar-refractivity contribution in [3.63, 3.8) is 0 Å². The van der Waals surface area contributed by atoms with Crippen LogP contribution in [0.3, 0.4) is 0 Å². The van der Waals surface area contributed by atoms with Crippen LogP contribution in [0.15, 0.2) is 103 Å². The summed E-state index contributed by atoms with van der Waals surface area (Å²) in [6.07, 6.45) is 0. The fraction of sp³-hybridized carbons (Fsp3) is 0. The molecule has 1 aromatic heterocycles. The zero-order valence-corrected chi connectivity index (χ0v) is 17.2. The summed E-state index contributed by atoms with van der Waals surface area (Å²) in [5, 5.41) is 12.4. The van der Waals surface area contributed by atoms with Crippen LogP contribution in [-0.4, -0.2) is 9.91 Å². The van der Waals surface area contributed by atoms with Gasteiger partial charge in [-0.1, -0.05) is 72.0 Å². The van der Waals surface area contributed by atoms with Crippen LogP contribution in [0, 0.1) is 10.1 Å². The standard InChI is InChI=1S/C25H17N3O2S/c29-28(30)22-16-8-7-14-20(22)21-15-9-17-23-24(21)26-25(31-23)27(18-10-3-1-4-11-18)19-12-5-2-6-13-19/h1-17H. The fourth-order valence-electron chi connectivity index (χ4n) is 3.63. The molecule has 4 aromatic carbocycles. The molecule has 0 bridgehead atoms. The highest BCUT2D eigenvalue weighted by Crippen LogP contribution is 2.42. The number of thiazole rings is 1. The normalized spacial score (nSPS) is 10.8. The number of nitrogens with zero attached hydrogens (tertiary/aromatic N) is 3. The van der Waals surface area contributed by atoms with Gasteiger partial charge in [0.1, 0.15) is 0 Å². The lowest BCUT2D eigenvalue weighted by molar-refractivity contribution is -0.384. The number of rotatable bonds is 5. The van der Waals surface area contributed by atoms with E-state index in [-0.39, 0.29) is 10.6 Å². The molecule has 0 saturated carbocycles. The number of anilines is 3. The monoisotopic (exact) mass is 423 g/mol. The van der Waals surface area contributed by atoms with Gasteiger partial charge < -0.3 is 0 Å². The second kappa shape index (κ2) is 8.01. The van der Waals surface area contributed by atoms with Gasteiger partial charge in [-0.2, -0.15) is 0 Å². The average molecular weight is 423 g/mol. The molecule has 0 atom stereocenters. The van der Waals surface area contributed by atoms with Crippen molar-refractivity contribution < 1.29 is 4.92 Å². The molecule has 0 radical (unpaired) electrons. The molecule has 0 amide bonds. The van der Waals surface area contributed by atoms with Crippen molar-refractivity contribution in [3.05, 3.63) is 113 Å². The van der Waals surface area contributed by atoms with Gasteiger partial charge in [0, 0.05) is 23.0 Å². The van der Waals surface area contributed by atoms with Crippen LogP contribution in [0.25, 0.3) is 21.3 Å². The lowest BCUT2D eigenvalue weighted by atomic mass is 10.0. The minimum atomic E-state index is -0.346. The molecule has 1 heterocycles. The summed E-state index contributed by atoms with van der Waals surface area (Å²) < 4.78 is 0.975. The fourth-order valence-corrected chi connectivity index (χ4v) is 4.67. The third-order valence-corrected chi connectivity index (χ3v) is 6.02. The van der Waals surface area contributed by atoms with E-state index in [9.17, 15) is 10.1 Å². The summed E-state index contributed by atoms with van der Waals surface area (Å²) in [5.41, 5.74) is 4.16. The van der Waals surface area contributed by atoms with Crippen LogP contribution < -0.4 is 4.90 Å². The number of nitro groups is 1. The molecule has 0 unspecified atom stereocenters. The van der Waals surface area contributed by atoms with Crippen molar-refractivity contribution in [2.24, 2.45) is 0 Å². The molecule has 5 rings (SSSR count). The van der Waals surface area contributed by atoms with E-state index < -0.39 is 0 Å². The molecule has 5 nitrogen and oxygen atoms in total. The average Bonchev–Trinajstić information content (AvgIpc) is 3.24. The molecule has 0 spiro atoms. The maximum Gasteiger partial charge on any atom is 0.277 e. The van der Waals surface area contributed by atoms with E-state index in [1.54, 1.807) is 23.5 Å². The van der Waals surface area contributed by atoms with Gasteiger partial charge in [0.2, 0.25) is 0 Å². The van der Waals surface area contributed by atoms with E-state index >= 15 is 0 Å².